The molecule has 0 aromatic rings. The van der Waals surface area contributed by atoms with Gasteiger partial charge in [0.1, 0.15) is 5.70 Å². The first kappa shape index (κ1) is 11.5. The van der Waals surface area contributed by atoms with Crippen molar-refractivity contribution in [3.05, 3.63) is 28.7 Å². The van der Waals surface area contributed by atoms with Gasteiger partial charge in [0.2, 0.25) is 5.91 Å². The minimum atomic E-state index is -1.49. The summed E-state index contributed by atoms with van der Waals surface area (Å²) in [4.78, 5) is 31.8. The quantitative estimate of drug-likeness (QED) is 0.443. The zero-order valence-electron chi connectivity index (χ0n) is 8.10. The molecule has 0 unspecified atom stereocenters. The summed E-state index contributed by atoms with van der Waals surface area (Å²) in [5, 5.41) is 20.0. The van der Waals surface area contributed by atoms with Crippen LogP contribution in [-0.2, 0) is 19.1 Å². The van der Waals surface area contributed by atoms with E-state index in [1.54, 1.807) is 0 Å². The maximum Gasteiger partial charge on any atom is 0.380 e. The number of nitrogens with one attached hydrogen (secondary N) is 1. The molecule has 16 heavy (non-hydrogen) atoms. The number of aldehydes is 1. The van der Waals surface area contributed by atoms with Crippen molar-refractivity contribution < 1.29 is 29.3 Å². The zero-order chi connectivity index (χ0) is 12.3. The van der Waals surface area contributed by atoms with Crippen molar-refractivity contribution >= 4 is 18.2 Å². The summed E-state index contributed by atoms with van der Waals surface area (Å²) in [6.07, 6.45) is 0.172. The molecule has 1 amide bonds. The van der Waals surface area contributed by atoms with Crippen molar-refractivity contribution in [2.75, 3.05) is 0 Å². The van der Waals surface area contributed by atoms with Gasteiger partial charge in [-0.1, -0.05) is 0 Å². The topological polar surface area (TPSA) is 113 Å². The highest BCUT2D eigenvalue weighted by atomic mass is 16.5. The second-order valence-electron chi connectivity index (χ2n) is 2.75. The van der Waals surface area contributed by atoms with Crippen molar-refractivity contribution in [1.82, 2.24) is 5.32 Å². The summed E-state index contributed by atoms with van der Waals surface area (Å²) in [7, 11) is 0. The van der Waals surface area contributed by atoms with Crippen LogP contribution in [0.5, 0.6) is 0 Å². The molecule has 0 bridgehead atoms. The van der Waals surface area contributed by atoms with Gasteiger partial charge >= 0.3 is 5.97 Å². The number of carbonyl (C=O) groups excluding carboxylic acids is 2. The van der Waals surface area contributed by atoms with Gasteiger partial charge < -0.3 is 20.3 Å². The van der Waals surface area contributed by atoms with E-state index in [-0.39, 0.29) is 12.0 Å². The number of amides is 1. The number of allylic oxidation sites excluding steroid dienone is 1. The molecule has 0 aromatic heterocycles. The Morgan fingerprint density at radius 3 is 2.56 bits per heavy atom. The van der Waals surface area contributed by atoms with Crippen LogP contribution in [0.2, 0.25) is 0 Å². The Kier molecular flexibility index (Phi) is 3.12. The van der Waals surface area contributed by atoms with Crippen molar-refractivity contribution in [3.63, 3.8) is 0 Å². The summed E-state index contributed by atoms with van der Waals surface area (Å²) < 4.78 is 4.60. The van der Waals surface area contributed by atoms with Crippen molar-refractivity contribution in [2.45, 2.75) is 6.92 Å². The first-order valence-corrected chi connectivity index (χ1v) is 4.04. The highest BCUT2D eigenvalue weighted by Gasteiger charge is 2.23. The molecule has 0 spiro atoms. The molecule has 0 atom stereocenters. The Morgan fingerprint density at radius 1 is 1.50 bits per heavy atom. The second-order valence-corrected chi connectivity index (χ2v) is 2.75. The number of rotatable bonds is 3. The molecule has 0 fully saturated rings. The molecule has 1 rings (SSSR count). The van der Waals surface area contributed by atoms with Gasteiger partial charge in [-0.3, -0.25) is 9.59 Å². The summed E-state index contributed by atoms with van der Waals surface area (Å²) in [6.45, 7) is 1.15. The third kappa shape index (κ3) is 2.28. The molecule has 0 saturated heterocycles. The number of aliphatic hydroxyl groups is 1. The monoisotopic (exact) mass is 225 g/mol. The van der Waals surface area contributed by atoms with Crippen LogP contribution in [0.25, 0.3) is 0 Å². The maximum atomic E-state index is 10.7. The van der Waals surface area contributed by atoms with Gasteiger partial charge in [-0.25, -0.2) is 4.79 Å². The van der Waals surface area contributed by atoms with Gasteiger partial charge in [-0.2, -0.15) is 0 Å². The fraction of sp³-hybridized carbons (Fsp3) is 0.111. The highest BCUT2D eigenvalue weighted by Crippen LogP contribution is 2.18. The minimum absolute atomic E-state index is 0.172. The first-order chi connectivity index (χ1) is 7.45. The van der Waals surface area contributed by atoms with Crippen LogP contribution in [0.4, 0.5) is 0 Å². The number of aliphatic carboxylic acids is 1. The summed E-state index contributed by atoms with van der Waals surface area (Å²) in [5.41, 5.74) is 1.66. The Hall–Kier alpha value is -2.53. The van der Waals surface area contributed by atoms with E-state index in [2.05, 4.69) is 10.1 Å². The lowest BCUT2D eigenvalue weighted by Gasteiger charge is -2.14. The molecule has 1 aliphatic rings. The predicted molar refractivity (Wildman–Crippen MR) is 48.8 cm³/mol. The molecular formula is C9H7NO6. The van der Waals surface area contributed by atoms with E-state index >= 15 is 0 Å². The summed E-state index contributed by atoms with van der Waals surface area (Å²) in [6, 6.07) is 0. The Morgan fingerprint density at radius 2 is 2.12 bits per heavy atom. The second kappa shape index (κ2) is 4.33. The van der Waals surface area contributed by atoms with Crippen LogP contribution >= 0.6 is 0 Å². The SMILES string of the molecule is CC(=O)NC1=C(C=O)OC(C(=O)O)=C=C1O. The number of hydrogen-bond acceptors (Lipinski definition) is 5. The number of ether oxygens (including phenoxy) is 1. The molecule has 1 heterocycles. The molecule has 1 aliphatic heterocycles. The number of hydrogen-bond donors (Lipinski definition) is 3. The lowest BCUT2D eigenvalue weighted by atomic mass is 10.2. The lowest BCUT2D eigenvalue weighted by Crippen LogP contribution is -2.25. The lowest BCUT2D eigenvalue weighted by molar-refractivity contribution is -0.136. The standard InChI is InChI=1S/C9H7NO6/c1-4(12)10-8-5(13)2-6(9(14)15)16-7(8)3-11/h3,13H,1H3,(H,10,12)(H,14,15). The van der Waals surface area contributed by atoms with E-state index in [9.17, 15) is 19.5 Å². The Balaban J connectivity index is 3.22. The van der Waals surface area contributed by atoms with Crippen LogP contribution in [-0.4, -0.2) is 28.4 Å². The molecule has 3 N–H and O–H groups in total. The normalized spacial score (nSPS) is 14.6. The molecular weight excluding hydrogens is 218 g/mol. The van der Waals surface area contributed by atoms with Crippen molar-refractivity contribution in [1.29, 1.82) is 0 Å². The van der Waals surface area contributed by atoms with Crippen LogP contribution in [0, 0.1) is 0 Å². The van der Waals surface area contributed by atoms with Crippen molar-refractivity contribution in [2.24, 2.45) is 0 Å². The molecule has 0 aromatic carbocycles. The average molecular weight is 225 g/mol. The van der Waals surface area contributed by atoms with Crippen LogP contribution in [0.15, 0.2) is 28.7 Å². The summed E-state index contributed by atoms with van der Waals surface area (Å²) in [5.74, 6) is -3.95. The smallest absolute Gasteiger partial charge is 0.380 e. The molecule has 0 radical (unpaired) electrons. The molecule has 7 heteroatoms. The van der Waals surface area contributed by atoms with Gasteiger partial charge in [0.25, 0.3) is 5.76 Å². The van der Waals surface area contributed by atoms with E-state index in [1.807, 2.05) is 5.73 Å². The molecule has 0 saturated carbocycles. The number of aliphatic hydroxyl groups excluding tert-OH is 1. The van der Waals surface area contributed by atoms with Crippen LogP contribution in [0.3, 0.4) is 0 Å². The molecule has 84 valence electrons. The third-order valence-electron chi connectivity index (χ3n) is 1.53. The fourth-order valence-corrected chi connectivity index (χ4v) is 0.950. The minimum Gasteiger partial charge on any atom is -0.499 e. The first-order valence-electron chi connectivity index (χ1n) is 4.04. The fourth-order valence-electron chi connectivity index (χ4n) is 0.950. The average Bonchev–Trinajstić information content (AvgIpc) is 2.19. The van der Waals surface area contributed by atoms with E-state index < -0.39 is 29.2 Å². The third-order valence-corrected chi connectivity index (χ3v) is 1.53. The maximum absolute atomic E-state index is 10.7. The number of carbonyl (C=O) groups is 3. The number of carboxylic acids is 1. The van der Waals surface area contributed by atoms with Crippen LogP contribution < -0.4 is 5.32 Å². The van der Waals surface area contributed by atoms with E-state index in [0.29, 0.717) is 0 Å². The predicted octanol–water partition coefficient (Wildman–Crippen LogP) is -0.427. The zero-order valence-corrected chi connectivity index (χ0v) is 8.10. The van der Waals surface area contributed by atoms with E-state index in [1.165, 1.54) is 0 Å². The van der Waals surface area contributed by atoms with Gasteiger partial charge in [0, 0.05) is 6.92 Å². The van der Waals surface area contributed by atoms with Gasteiger partial charge in [0.05, 0.1) is 0 Å². The largest absolute Gasteiger partial charge is 0.499 e. The Bertz CT molecular complexity index is 466. The van der Waals surface area contributed by atoms with E-state index in [4.69, 9.17) is 5.11 Å². The van der Waals surface area contributed by atoms with Gasteiger partial charge in [-0.15, -0.1) is 0 Å². The number of carboxylic acid groups (broad SMARTS) is 1. The van der Waals surface area contributed by atoms with Gasteiger partial charge in [0.15, 0.2) is 17.8 Å². The van der Waals surface area contributed by atoms with Crippen molar-refractivity contribution in [3.8, 4) is 0 Å². The molecule has 0 aliphatic carbocycles. The summed E-state index contributed by atoms with van der Waals surface area (Å²) >= 11 is 0. The Labute approximate surface area is 89.3 Å². The van der Waals surface area contributed by atoms with Gasteiger partial charge in [-0.05, 0) is 5.73 Å². The van der Waals surface area contributed by atoms with Crippen LogP contribution in [0.1, 0.15) is 6.92 Å². The van der Waals surface area contributed by atoms with E-state index in [0.717, 1.165) is 6.92 Å². The highest BCUT2D eigenvalue weighted by molar-refractivity contribution is 5.87. The molecule has 7 nitrogen and oxygen atoms in total.